The van der Waals surface area contributed by atoms with Crippen LogP contribution in [0, 0.1) is 11.3 Å². The first-order valence-corrected chi connectivity index (χ1v) is 9.05. The predicted octanol–water partition coefficient (Wildman–Crippen LogP) is 3.00. The van der Waals surface area contributed by atoms with E-state index in [-0.39, 0.29) is 23.3 Å². The summed E-state index contributed by atoms with van der Waals surface area (Å²) in [5, 5.41) is 0. The number of likely N-dealkylation sites (N-methyl/N-ethyl adjacent to an activating group) is 1. The van der Waals surface area contributed by atoms with E-state index in [1.165, 1.54) is 11.1 Å². The first-order chi connectivity index (χ1) is 11.5. The topological polar surface area (TPSA) is 38.8 Å². The van der Waals surface area contributed by atoms with Crippen LogP contribution in [0.25, 0.3) is 0 Å². The molecule has 1 aromatic rings. The van der Waals surface area contributed by atoms with Gasteiger partial charge in [-0.15, -0.1) is 0 Å². The zero-order valence-electron chi connectivity index (χ0n) is 15.0. The molecule has 0 N–H and O–H groups in total. The second-order valence-electron chi connectivity index (χ2n) is 7.84. The van der Waals surface area contributed by atoms with E-state index in [0.29, 0.717) is 18.6 Å². The number of carbonyl (C=O) groups is 1. The van der Waals surface area contributed by atoms with E-state index in [2.05, 4.69) is 37.1 Å². The van der Waals surface area contributed by atoms with Gasteiger partial charge in [-0.25, -0.2) is 0 Å². The normalized spacial score (nSPS) is 37.0. The largest absolute Gasteiger partial charge is 0.496 e. The Morgan fingerprint density at radius 3 is 2.92 bits per heavy atom. The summed E-state index contributed by atoms with van der Waals surface area (Å²) in [6, 6.07) is 7.19. The summed E-state index contributed by atoms with van der Waals surface area (Å²) >= 11 is 0. The molecule has 24 heavy (non-hydrogen) atoms. The number of ether oxygens (including phenoxy) is 2. The molecule has 130 valence electrons. The second kappa shape index (κ2) is 5.48. The summed E-state index contributed by atoms with van der Waals surface area (Å²) in [4.78, 5) is 15.0. The van der Waals surface area contributed by atoms with Gasteiger partial charge in [0.25, 0.3) is 0 Å². The Labute approximate surface area is 144 Å². The van der Waals surface area contributed by atoms with Crippen molar-refractivity contribution in [3.63, 3.8) is 0 Å². The van der Waals surface area contributed by atoms with Gasteiger partial charge in [0.15, 0.2) is 0 Å². The predicted molar refractivity (Wildman–Crippen MR) is 92.2 cm³/mol. The number of piperidine rings is 2. The SMILES string of the molecule is CCOC(=O)C1CC2(C)C3CC1N(C)C2Cc1cccc(OC)c13. The van der Waals surface area contributed by atoms with Crippen LogP contribution in [0.5, 0.6) is 5.75 Å². The van der Waals surface area contributed by atoms with E-state index in [0.717, 1.165) is 25.0 Å². The first-order valence-electron chi connectivity index (χ1n) is 9.05. The van der Waals surface area contributed by atoms with Gasteiger partial charge in [-0.05, 0) is 56.2 Å². The number of hydrogen-bond acceptors (Lipinski definition) is 4. The molecule has 5 atom stereocenters. The smallest absolute Gasteiger partial charge is 0.310 e. The molecule has 0 amide bonds. The molecule has 4 aliphatic rings. The minimum absolute atomic E-state index is 0.00343. The average molecular weight is 329 g/mol. The molecule has 2 heterocycles. The summed E-state index contributed by atoms with van der Waals surface area (Å²) in [5.41, 5.74) is 2.91. The fourth-order valence-corrected chi connectivity index (χ4v) is 5.81. The van der Waals surface area contributed by atoms with E-state index in [9.17, 15) is 4.79 Å². The molecule has 2 aliphatic carbocycles. The Bertz CT molecular complexity index is 673. The van der Waals surface area contributed by atoms with Gasteiger partial charge in [0.05, 0.1) is 19.6 Å². The lowest BCUT2D eigenvalue weighted by Crippen LogP contribution is -2.68. The number of fused-ring (bicyclic) bond motifs is 2. The monoisotopic (exact) mass is 329 g/mol. The van der Waals surface area contributed by atoms with Crippen LogP contribution < -0.4 is 4.74 Å². The Hall–Kier alpha value is -1.55. The summed E-state index contributed by atoms with van der Waals surface area (Å²) in [6.07, 6.45) is 2.98. The molecule has 0 aromatic heterocycles. The molecule has 0 radical (unpaired) electrons. The molecule has 5 unspecified atom stereocenters. The zero-order chi connectivity index (χ0) is 17.1. The van der Waals surface area contributed by atoms with Gasteiger partial charge < -0.3 is 9.47 Å². The second-order valence-corrected chi connectivity index (χ2v) is 7.84. The van der Waals surface area contributed by atoms with Crippen LogP contribution in [-0.4, -0.2) is 43.7 Å². The van der Waals surface area contributed by atoms with Gasteiger partial charge in [-0.2, -0.15) is 0 Å². The Morgan fingerprint density at radius 1 is 1.42 bits per heavy atom. The van der Waals surface area contributed by atoms with Crippen LogP contribution in [0.2, 0.25) is 0 Å². The molecule has 4 nitrogen and oxygen atoms in total. The Morgan fingerprint density at radius 2 is 2.21 bits per heavy atom. The Balaban J connectivity index is 1.77. The summed E-state index contributed by atoms with van der Waals surface area (Å²) < 4.78 is 11.1. The van der Waals surface area contributed by atoms with Gasteiger partial charge in [0.1, 0.15) is 5.75 Å². The third kappa shape index (κ3) is 1.98. The van der Waals surface area contributed by atoms with Crippen LogP contribution in [0.3, 0.4) is 0 Å². The quantitative estimate of drug-likeness (QED) is 0.799. The maximum Gasteiger partial charge on any atom is 0.310 e. The molecule has 0 spiro atoms. The minimum atomic E-state index is -0.0155. The first kappa shape index (κ1) is 15.9. The molecular weight excluding hydrogens is 302 g/mol. The highest BCUT2D eigenvalue weighted by Gasteiger charge is 2.61. The van der Waals surface area contributed by atoms with Crippen molar-refractivity contribution in [3.8, 4) is 5.75 Å². The van der Waals surface area contributed by atoms with Crippen LogP contribution in [-0.2, 0) is 16.0 Å². The van der Waals surface area contributed by atoms with Crippen molar-refractivity contribution in [3.05, 3.63) is 29.3 Å². The lowest BCUT2D eigenvalue weighted by molar-refractivity contribution is -0.169. The van der Waals surface area contributed by atoms with Gasteiger partial charge in [-0.3, -0.25) is 9.69 Å². The molecule has 4 heteroatoms. The van der Waals surface area contributed by atoms with Gasteiger partial charge in [-0.1, -0.05) is 19.1 Å². The van der Waals surface area contributed by atoms with Crippen LogP contribution in [0.1, 0.15) is 43.7 Å². The van der Waals surface area contributed by atoms with Crippen molar-refractivity contribution in [2.75, 3.05) is 20.8 Å². The maximum absolute atomic E-state index is 12.5. The highest BCUT2D eigenvalue weighted by molar-refractivity contribution is 5.74. The number of carbonyl (C=O) groups excluding carboxylic acids is 1. The van der Waals surface area contributed by atoms with Gasteiger partial charge in [0, 0.05) is 17.6 Å². The van der Waals surface area contributed by atoms with Crippen LogP contribution >= 0.6 is 0 Å². The van der Waals surface area contributed by atoms with E-state index < -0.39 is 0 Å². The zero-order valence-corrected chi connectivity index (χ0v) is 15.0. The summed E-state index contributed by atoms with van der Waals surface area (Å²) in [7, 11) is 3.96. The molecule has 1 saturated carbocycles. The lowest BCUT2D eigenvalue weighted by Gasteiger charge is -2.64. The highest BCUT2D eigenvalue weighted by atomic mass is 16.5. The van der Waals surface area contributed by atoms with Crippen molar-refractivity contribution in [2.24, 2.45) is 11.3 Å². The number of benzene rings is 1. The molecule has 2 aliphatic heterocycles. The van der Waals surface area contributed by atoms with Gasteiger partial charge >= 0.3 is 5.97 Å². The number of nitrogens with zero attached hydrogens (tertiary/aromatic N) is 1. The van der Waals surface area contributed by atoms with Gasteiger partial charge in [0.2, 0.25) is 0 Å². The molecule has 5 rings (SSSR count). The number of esters is 1. The third-order valence-corrected chi connectivity index (χ3v) is 6.90. The highest BCUT2D eigenvalue weighted by Crippen LogP contribution is 2.62. The van der Waals surface area contributed by atoms with Crippen molar-refractivity contribution < 1.29 is 14.3 Å². The van der Waals surface area contributed by atoms with Crippen molar-refractivity contribution >= 4 is 5.97 Å². The molecule has 1 aromatic carbocycles. The molecule has 4 bridgehead atoms. The third-order valence-electron chi connectivity index (χ3n) is 6.90. The summed E-state index contributed by atoms with van der Waals surface area (Å²) in [6.45, 7) is 4.72. The fourth-order valence-electron chi connectivity index (χ4n) is 5.81. The van der Waals surface area contributed by atoms with E-state index in [4.69, 9.17) is 9.47 Å². The molecule has 2 saturated heterocycles. The van der Waals surface area contributed by atoms with Crippen molar-refractivity contribution in [1.82, 2.24) is 4.90 Å². The molecule has 3 fully saturated rings. The van der Waals surface area contributed by atoms with Crippen molar-refractivity contribution in [1.29, 1.82) is 0 Å². The maximum atomic E-state index is 12.5. The van der Waals surface area contributed by atoms with Crippen molar-refractivity contribution in [2.45, 2.75) is 51.1 Å². The Kier molecular flexibility index (Phi) is 3.64. The fraction of sp³-hybridized carbons (Fsp3) is 0.650. The summed E-state index contributed by atoms with van der Waals surface area (Å²) in [5.74, 6) is 1.47. The van der Waals surface area contributed by atoms with Crippen LogP contribution in [0.4, 0.5) is 0 Å². The minimum Gasteiger partial charge on any atom is -0.496 e. The van der Waals surface area contributed by atoms with E-state index in [1.807, 2.05) is 6.92 Å². The number of hydrogen-bond donors (Lipinski definition) is 0. The average Bonchev–Trinajstić information content (AvgIpc) is 2.57. The lowest BCUT2D eigenvalue weighted by atomic mass is 9.49. The van der Waals surface area contributed by atoms with E-state index in [1.54, 1.807) is 7.11 Å². The number of rotatable bonds is 3. The van der Waals surface area contributed by atoms with E-state index >= 15 is 0 Å². The van der Waals surface area contributed by atoms with Crippen LogP contribution in [0.15, 0.2) is 18.2 Å². The number of methoxy groups -OCH3 is 1. The standard InChI is InChI=1S/C20H27NO3/c1-5-24-19(22)13-11-20(2)14-10-15(13)21(3)17(20)9-12-7-6-8-16(23-4)18(12)14/h6-8,13-15,17H,5,9-11H2,1-4H3. The molecular formula is C20H27NO3.